The third kappa shape index (κ3) is 2.82. The number of rotatable bonds is 4. The smallest absolute Gasteiger partial charge is 0.153 e. The molecule has 0 spiro atoms. The molecule has 0 aliphatic rings. The number of benzene rings is 1. The number of hydrogen-bond donors (Lipinski definition) is 0. The Morgan fingerprint density at radius 3 is 2.88 bits per heavy atom. The van der Waals surface area contributed by atoms with Crippen molar-refractivity contribution in [2.24, 2.45) is 0 Å². The maximum absolute atomic E-state index is 10.8. The molecule has 0 N–H and O–H groups in total. The van der Waals surface area contributed by atoms with Crippen LogP contribution in [0.3, 0.4) is 0 Å². The van der Waals surface area contributed by atoms with Crippen molar-refractivity contribution in [2.75, 3.05) is 0 Å². The van der Waals surface area contributed by atoms with E-state index in [1.165, 1.54) is 0 Å². The number of hydrogen-bond acceptors (Lipinski definition) is 3. The Labute approximate surface area is 104 Å². The summed E-state index contributed by atoms with van der Waals surface area (Å²) in [5, 5.41) is 0.429. The van der Waals surface area contributed by atoms with Crippen LogP contribution in [0.4, 0.5) is 0 Å². The number of ether oxygens (including phenoxy) is 1. The van der Waals surface area contributed by atoms with Gasteiger partial charge in [0.05, 0.1) is 10.6 Å². The highest BCUT2D eigenvalue weighted by Crippen LogP contribution is 2.28. The lowest BCUT2D eigenvalue weighted by Crippen LogP contribution is -1.99. The molecule has 0 atom stereocenters. The number of aromatic nitrogens is 1. The molecule has 86 valence electrons. The molecule has 1 heterocycles. The first-order valence-corrected chi connectivity index (χ1v) is 5.44. The Kier molecular flexibility index (Phi) is 3.73. The number of para-hydroxylation sites is 1. The average molecular weight is 248 g/mol. The van der Waals surface area contributed by atoms with E-state index < -0.39 is 0 Å². The van der Waals surface area contributed by atoms with Crippen LogP contribution >= 0.6 is 11.6 Å². The molecule has 0 bridgehead atoms. The Morgan fingerprint density at radius 1 is 1.29 bits per heavy atom. The van der Waals surface area contributed by atoms with Crippen LogP contribution in [0, 0.1) is 0 Å². The van der Waals surface area contributed by atoms with Crippen molar-refractivity contribution in [3.63, 3.8) is 0 Å². The van der Waals surface area contributed by atoms with Crippen LogP contribution < -0.4 is 4.74 Å². The SMILES string of the molecule is O=Cc1cccc(Cl)c1OCc1cccnc1. The van der Waals surface area contributed by atoms with Gasteiger partial charge in [-0.2, -0.15) is 0 Å². The van der Waals surface area contributed by atoms with Crippen LogP contribution in [-0.2, 0) is 6.61 Å². The van der Waals surface area contributed by atoms with Crippen LogP contribution in [0.5, 0.6) is 5.75 Å². The summed E-state index contributed by atoms with van der Waals surface area (Å²) < 4.78 is 5.54. The molecule has 2 rings (SSSR count). The molecular formula is C13H10ClNO2. The van der Waals surface area contributed by atoms with Gasteiger partial charge in [0.25, 0.3) is 0 Å². The van der Waals surface area contributed by atoms with Gasteiger partial charge in [-0.1, -0.05) is 23.7 Å². The molecule has 0 saturated heterocycles. The third-order valence-corrected chi connectivity index (χ3v) is 2.53. The lowest BCUT2D eigenvalue weighted by molar-refractivity contribution is 0.111. The van der Waals surface area contributed by atoms with Crippen molar-refractivity contribution in [1.29, 1.82) is 0 Å². The maximum Gasteiger partial charge on any atom is 0.153 e. The van der Waals surface area contributed by atoms with Gasteiger partial charge < -0.3 is 4.74 Å². The molecule has 0 unspecified atom stereocenters. The first-order chi connectivity index (χ1) is 8.31. The average Bonchev–Trinajstić information content (AvgIpc) is 2.38. The Morgan fingerprint density at radius 2 is 2.18 bits per heavy atom. The van der Waals surface area contributed by atoms with E-state index in [0.717, 1.165) is 11.8 Å². The van der Waals surface area contributed by atoms with Crippen molar-refractivity contribution in [3.8, 4) is 5.75 Å². The zero-order valence-electron chi connectivity index (χ0n) is 8.97. The lowest BCUT2D eigenvalue weighted by atomic mass is 10.2. The van der Waals surface area contributed by atoms with E-state index in [4.69, 9.17) is 16.3 Å². The van der Waals surface area contributed by atoms with E-state index in [1.54, 1.807) is 30.6 Å². The Bertz CT molecular complexity index is 514. The molecule has 17 heavy (non-hydrogen) atoms. The largest absolute Gasteiger partial charge is 0.487 e. The summed E-state index contributed by atoms with van der Waals surface area (Å²) in [5.41, 5.74) is 1.37. The van der Waals surface area contributed by atoms with Gasteiger partial charge in [-0.05, 0) is 18.2 Å². The van der Waals surface area contributed by atoms with Gasteiger partial charge in [0.1, 0.15) is 12.4 Å². The van der Waals surface area contributed by atoms with Crippen LogP contribution in [-0.4, -0.2) is 11.3 Å². The number of halogens is 1. The number of aldehydes is 1. The van der Waals surface area contributed by atoms with Gasteiger partial charge in [0, 0.05) is 18.0 Å². The molecule has 0 aliphatic heterocycles. The third-order valence-electron chi connectivity index (χ3n) is 2.23. The van der Waals surface area contributed by atoms with Crippen molar-refractivity contribution < 1.29 is 9.53 Å². The summed E-state index contributed by atoms with van der Waals surface area (Å²) in [7, 11) is 0. The number of pyridine rings is 1. The maximum atomic E-state index is 10.8. The fourth-order valence-electron chi connectivity index (χ4n) is 1.41. The first kappa shape index (κ1) is 11.6. The molecule has 0 aliphatic carbocycles. The van der Waals surface area contributed by atoms with Gasteiger partial charge in [0.15, 0.2) is 6.29 Å². The summed E-state index contributed by atoms with van der Waals surface area (Å²) in [5.74, 6) is 0.410. The fraction of sp³-hybridized carbons (Fsp3) is 0.0769. The molecule has 4 heteroatoms. The zero-order chi connectivity index (χ0) is 12.1. The molecule has 2 aromatic rings. The summed E-state index contributed by atoms with van der Waals surface area (Å²) in [6.45, 7) is 0.332. The summed E-state index contributed by atoms with van der Waals surface area (Å²) >= 11 is 5.97. The molecule has 0 amide bonds. The minimum absolute atomic E-state index is 0.332. The minimum Gasteiger partial charge on any atom is -0.487 e. The van der Waals surface area contributed by atoms with Gasteiger partial charge in [-0.3, -0.25) is 9.78 Å². The Hall–Kier alpha value is -1.87. The summed E-state index contributed by atoms with van der Waals surface area (Å²) in [6, 6.07) is 8.78. The van der Waals surface area contributed by atoms with Crippen molar-refractivity contribution >= 4 is 17.9 Å². The van der Waals surface area contributed by atoms with Crippen LogP contribution in [0.25, 0.3) is 0 Å². The molecular weight excluding hydrogens is 238 g/mol. The van der Waals surface area contributed by atoms with E-state index in [1.807, 2.05) is 12.1 Å². The second kappa shape index (κ2) is 5.46. The molecule has 1 aromatic carbocycles. The van der Waals surface area contributed by atoms with Crippen LogP contribution in [0.1, 0.15) is 15.9 Å². The van der Waals surface area contributed by atoms with Crippen LogP contribution in [0.15, 0.2) is 42.7 Å². The summed E-state index contributed by atoms with van der Waals surface area (Å²) in [6.07, 6.45) is 4.12. The number of nitrogens with zero attached hydrogens (tertiary/aromatic N) is 1. The first-order valence-electron chi connectivity index (χ1n) is 5.06. The zero-order valence-corrected chi connectivity index (χ0v) is 9.72. The predicted octanol–water partition coefficient (Wildman–Crippen LogP) is 3.13. The lowest BCUT2D eigenvalue weighted by Gasteiger charge is -2.09. The highest BCUT2D eigenvalue weighted by molar-refractivity contribution is 6.32. The molecule has 3 nitrogen and oxygen atoms in total. The Balaban J connectivity index is 2.16. The molecule has 0 saturated carbocycles. The highest BCUT2D eigenvalue weighted by atomic mass is 35.5. The topological polar surface area (TPSA) is 39.2 Å². The standard InChI is InChI=1S/C13H10ClNO2/c14-12-5-1-4-11(8-16)13(12)17-9-10-3-2-6-15-7-10/h1-8H,9H2. The second-order valence-electron chi connectivity index (χ2n) is 3.43. The van der Waals surface area contributed by atoms with E-state index in [2.05, 4.69) is 4.98 Å². The number of carbonyl (C=O) groups excluding carboxylic acids is 1. The predicted molar refractivity (Wildman–Crippen MR) is 65.4 cm³/mol. The van der Waals surface area contributed by atoms with E-state index in [0.29, 0.717) is 22.9 Å². The van der Waals surface area contributed by atoms with Crippen molar-refractivity contribution in [1.82, 2.24) is 4.98 Å². The van der Waals surface area contributed by atoms with Crippen molar-refractivity contribution in [3.05, 3.63) is 58.9 Å². The highest BCUT2D eigenvalue weighted by Gasteiger charge is 2.07. The van der Waals surface area contributed by atoms with E-state index in [9.17, 15) is 4.79 Å². The van der Waals surface area contributed by atoms with Gasteiger partial charge in [-0.25, -0.2) is 0 Å². The normalized spacial score (nSPS) is 9.94. The summed E-state index contributed by atoms with van der Waals surface area (Å²) in [4.78, 5) is 14.8. The molecule has 1 aromatic heterocycles. The van der Waals surface area contributed by atoms with Gasteiger partial charge >= 0.3 is 0 Å². The molecule has 0 radical (unpaired) electrons. The van der Waals surface area contributed by atoms with E-state index in [-0.39, 0.29) is 0 Å². The quantitative estimate of drug-likeness (QED) is 0.780. The fourth-order valence-corrected chi connectivity index (χ4v) is 1.65. The van der Waals surface area contributed by atoms with E-state index >= 15 is 0 Å². The van der Waals surface area contributed by atoms with Crippen LogP contribution in [0.2, 0.25) is 5.02 Å². The second-order valence-corrected chi connectivity index (χ2v) is 3.83. The molecule has 0 fully saturated rings. The van der Waals surface area contributed by atoms with Crippen molar-refractivity contribution in [2.45, 2.75) is 6.61 Å². The minimum atomic E-state index is 0.332. The van der Waals surface area contributed by atoms with Gasteiger partial charge in [-0.15, -0.1) is 0 Å². The number of carbonyl (C=O) groups is 1. The van der Waals surface area contributed by atoms with Gasteiger partial charge in [0.2, 0.25) is 0 Å². The monoisotopic (exact) mass is 247 g/mol.